The molecule has 5 heteroatoms. The second-order valence-electron chi connectivity index (χ2n) is 4.13. The number of aromatic carboxylic acids is 1. The molecule has 0 radical (unpaired) electrons. The van der Waals surface area contributed by atoms with Crippen molar-refractivity contribution in [2.45, 2.75) is 13.5 Å². The first-order chi connectivity index (χ1) is 8.58. The lowest BCUT2D eigenvalue weighted by Crippen LogP contribution is -2.07. The molecule has 0 bridgehead atoms. The third-order valence-corrected chi connectivity index (χ3v) is 2.87. The van der Waals surface area contributed by atoms with Crippen LogP contribution in [0.2, 0.25) is 0 Å². The van der Waals surface area contributed by atoms with Crippen LogP contribution < -0.4 is 5.32 Å². The van der Waals surface area contributed by atoms with E-state index in [-0.39, 0.29) is 5.56 Å². The average Bonchev–Trinajstić information content (AvgIpc) is 2.73. The van der Waals surface area contributed by atoms with Crippen molar-refractivity contribution in [3.8, 4) is 0 Å². The number of aromatic nitrogens is 2. The van der Waals surface area contributed by atoms with Gasteiger partial charge in [-0.2, -0.15) is 5.10 Å². The van der Waals surface area contributed by atoms with E-state index in [0.717, 1.165) is 16.9 Å². The summed E-state index contributed by atoms with van der Waals surface area (Å²) >= 11 is 0. The Bertz CT molecular complexity index is 575. The van der Waals surface area contributed by atoms with Crippen LogP contribution in [0.4, 0.5) is 5.69 Å². The van der Waals surface area contributed by atoms with Crippen molar-refractivity contribution in [1.29, 1.82) is 0 Å². The molecular formula is C13H15N3O2. The minimum Gasteiger partial charge on any atom is -0.478 e. The van der Waals surface area contributed by atoms with E-state index in [2.05, 4.69) is 10.4 Å². The molecule has 0 atom stereocenters. The Morgan fingerprint density at radius 1 is 1.44 bits per heavy atom. The van der Waals surface area contributed by atoms with Gasteiger partial charge in [0, 0.05) is 18.9 Å². The number of hydrogen-bond donors (Lipinski definition) is 2. The number of hydrogen-bond acceptors (Lipinski definition) is 3. The van der Waals surface area contributed by atoms with E-state index < -0.39 is 5.97 Å². The summed E-state index contributed by atoms with van der Waals surface area (Å²) in [5.41, 5.74) is 3.17. The highest BCUT2D eigenvalue weighted by atomic mass is 16.4. The smallest absolute Gasteiger partial charge is 0.335 e. The number of carboxylic acid groups (broad SMARTS) is 1. The van der Waals surface area contributed by atoms with Gasteiger partial charge in [0.1, 0.15) is 0 Å². The molecule has 0 fully saturated rings. The largest absolute Gasteiger partial charge is 0.478 e. The molecule has 2 rings (SSSR count). The van der Waals surface area contributed by atoms with Gasteiger partial charge in [-0.1, -0.05) is 6.07 Å². The Hall–Kier alpha value is -2.30. The Labute approximate surface area is 105 Å². The Kier molecular flexibility index (Phi) is 3.32. The van der Waals surface area contributed by atoms with Gasteiger partial charge >= 0.3 is 5.97 Å². The Morgan fingerprint density at radius 2 is 2.22 bits per heavy atom. The van der Waals surface area contributed by atoms with Crippen molar-refractivity contribution in [2.75, 3.05) is 5.32 Å². The molecule has 2 N–H and O–H groups in total. The van der Waals surface area contributed by atoms with Gasteiger partial charge in [-0.15, -0.1) is 0 Å². The van der Waals surface area contributed by atoms with Crippen LogP contribution in [0, 0.1) is 6.92 Å². The summed E-state index contributed by atoms with van der Waals surface area (Å²) in [6.45, 7) is 2.55. The first kappa shape index (κ1) is 12.2. The van der Waals surface area contributed by atoms with Crippen LogP contribution in [0.1, 0.15) is 21.6 Å². The average molecular weight is 245 g/mol. The number of anilines is 1. The van der Waals surface area contributed by atoms with Crippen molar-refractivity contribution in [3.05, 3.63) is 47.3 Å². The summed E-state index contributed by atoms with van der Waals surface area (Å²) in [4.78, 5) is 10.9. The number of carbonyl (C=O) groups is 1. The molecule has 5 nitrogen and oxygen atoms in total. The molecule has 0 unspecified atom stereocenters. The van der Waals surface area contributed by atoms with Gasteiger partial charge in [-0.3, -0.25) is 4.68 Å². The Morgan fingerprint density at radius 3 is 2.83 bits per heavy atom. The summed E-state index contributed by atoms with van der Waals surface area (Å²) in [6, 6.07) is 6.97. The molecule has 0 spiro atoms. The lowest BCUT2D eigenvalue weighted by atomic mass is 10.1. The van der Waals surface area contributed by atoms with E-state index in [4.69, 9.17) is 5.11 Å². The van der Waals surface area contributed by atoms with E-state index >= 15 is 0 Å². The molecule has 0 saturated carbocycles. The van der Waals surface area contributed by atoms with Crippen LogP contribution in [0.3, 0.4) is 0 Å². The number of carboxylic acids is 1. The molecule has 94 valence electrons. The third-order valence-electron chi connectivity index (χ3n) is 2.87. The molecule has 0 aliphatic heterocycles. The van der Waals surface area contributed by atoms with Crippen molar-refractivity contribution in [2.24, 2.45) is 7.05 Å². The van der Waals surface area contributed by atoms with Gasteiger partial charge in [0.05, 0.1) is 17.8 Å². The zero-order chi connectivity index (χ0) is 13.1. The molecule has 0 aliphatic carbocycles. The minimum absolute atomic E-state index is 0.285. The molecule has 0 saturated heterocycles. The second kappa shape index (κ2) is 4.91. The fourth-order valence-electron chi connectivity index (χ4n) is 1.71. The van der Waals surface area contributed by atoms with Crippen LogP contribution in [0.25, 0.3) is 0 Å². The van der Waals surface area contributed by atoms with E-state index in [1.54, 1.807) is 29.1 Å². The summed E-state index contributed by atoms with van der Waals surface area (Å²) in [5, 5.41) is 16.3. The summed E-state index contributed by atoms with van der Waals surface area (Å²) in [5.74, 6) is -0.918. The fraction of sp³-hybridized carbons (Fsp3) is 0.231. The second-order valence-corrected chi connectivity index (χ2v) is 4.13. The van der Waals surface area contributed by atoms with Gasteiger partial charge in [-0.25, -0.2) is 4.79 Å². The van der Waals surface area contributed by atoms with Gasteiger partial charge in [-0.05, 0) is 30.7 Å². The number of aryl methyl sites for hydroxylation is 2. The topological polar surface area (TPSA) is 67.2 Å². The van der Waals surface area contributed by atoms with E-state index in [1.807, 2.05) is 20.0 Å². The normalized spacial score (nSPS) is 10.3. The minimum atomic E-state index is -0.918. The molecule has 1 heterocycles. The van der Waals surface area contributed by atoms with Crippen molar-refractivity contribution in [1.82, 2.24) is 9.78 Å². The highest BCUT2D eigenvalue weighted by Crippen LogP contribution is 2.17. The van der Waals surface area contributed by atoms with E-state index in [0.29, 0.717) is 6.54 Å². The SMILES string of the molecule is Cc1ccc(C(=O)O)cc1NCc1ccnn1C. The monoisotopic (exact) mass is 245 g/mol. The quantitative estimate of drug-likeness (QED) is 0.865. The predicted octanol–water partition coefficient (Wildman–Crippen LogP) is 2.04. The summed E-state index contributed by atoms with van der Waals surface area (Å²) in [6.07, 6.45) is 1.73. The maximum Gasteiger partial charge on any atom is 0.335 e. The predicted molar refractivity (Wildman–Crippen MR) is 68.7 cm³/mol. The third kappa shape index (κ3) is 2.51. The van der Waals surface area contributed by atoms with Crippen LogP contribution in [-0.4, -0.2) is 20.9 Å². The molecule has 18 heavy (non-hydrogen) atoms. The standard InChI is InChI=1S/C13H15N3O2/c1-9-3-4-10(13(17)18)7-12(9)14-8-11-5-6-15-16(11)2/h3-7,14H,8H2,1-2H3,(H,17,18). The first-order valence-corrected chi connectivity index (χ1v) is 5.62. The van der Waals surface area contributed by atoms with E-state index in [9.17, 15) is 4.79 Å². The molecule has 0 amide bonds. The van der Waals surface area contributed by atoms with E-state index in [1.165, 1.54) is 0 Å². The number of rotatable bonds is 4. The number of benzene rings is 1. The molecule has 0 aliphatic rings. The van der Waals surface area contributed by atoms with Crippen molar-refractivity contribution in [3.63, 3.8) is 0 Å². The van der Waals surface area contributed by atoms with Crippen LogP contribution in [0.5, 0.6) is 0 Å². The maximum absolute atomic E-state index is 10.9. The zero-order valence-corrected chi connectivity index (χ0v) is 10.3. The molecule has 1 aromatic heterocycles. The number of nitrogens with one attached hydrogen (secondary N) is 1. The van der Waals surface area contributed by atoms with Crippen LogP contribution in [0.15, 0.2) is 30.5 Å². The lowest BCUT2D eigenvalue weighted by molar-refractivity contribution is 0.0697. The van der Waals surface area contributed by atoms with Gasteiger partial charge in [0.25, 0.3) is 0 Å². The van der Waals surface area contributed by atoms with Gasteiger partial charge in [0.15, 0.2) is 0 Å². The first-order valence-electron chi connectivity index (χ1n) is 5.62. The molecule has 1 aromatic carbocycles. The number of nitrogens with zero attached hydrogens (tertiary/aromatic N) is 2. The molecule has 2 aromatic rings. The lowest BCUT2D eigenvalue weighted by Gasteiger charge is -2.10. The Balaban J connectivity index is 2.16. The fourth-order valence-corrected chi connectivity index (χ4v) is 1.71. The zero-order valence-electron chi connectivity index (χ0n) is 10.3. The highest BCUT2D eigenvalue weighted by Gasteiger charge is 2.06. The summed E-state index contributed by atoms with van der Waals surface area (Å²) < 4.78 is 1.78. The molecular weight excluding hydrogens is 230 g/mol. The summed E-state index contributed by atoms with van der Waals surface area (Å²) in [7, 11) is 1.87. The van der Waals surface area contributed by atoms with Crippen LogP contribution in [-0.2, 0) is 13.6 Å². The van der Waals surface area contributed by atoms with Crippen molar-refractivity contribution >= 4 is 11.7 Å². The highest BCUT2D eigenvalue weighted by molar-refractivity contribution is 5.89. The van der Waals surface area contributed by atoms with Gasteiger partial charge < -0.3 is 10.4 Å². The maximum atomic E-state index is 10.9. The van der Waals surface area contributed by atoms with Crippen LogP contribution >= 0.6 is 0 Å². The van der Waals surface area contributed by atoms with Gasteiger partial charge in [0.2, 0.25) is 0 Å². The van der Waals surface area contributed by atoms with Crippen molar-refractivity contribution < 1.29 is 9.90 Å².